The fraction of sp³-hybridized carbons (Fsp3) is 0.154. The van der Waals surface area contributed by atoms with Crippen molar-refractivity contribution in [2.75, 3.05) is 12.3 Å². The van der Waals surface area contributed by atoms with E-state index in [2.05, 4.69) is 9.97 Å². The van der Waals surface area contributed by atoms with E-state index in [4.69, 9.17) is 10.5 Å². The number of esters is 1. The highest BCUT2D eigenvalue weighted by Gasteiger charge is 2.15. The van der Waals surface area contributed by atoms with Gasteiger partial charge in [0.1, 0.15) is 23.0 Å². The van der Waals surface area contributed by atoms with E-state index in [9.17, 15) is 13.6 Å². The summed E-state index contributed by atoms with van der Waals surface area (Å²) in [6, 6.07) is 2.88. The lowest BCUT2D eigenvalue weighted by molar-refractivity contribution is 0.0527. The van der Waals surface area contributed by atoms with Crippen molar-refractivity contribution in [3.8, 4) is 11.4 Å². The molecule has 1 heterocycles. The van der Waals surface area contributed by atoms with Crippen molar-refractivity contribution in [3.05, 3.63) is 41.6 Å². The van der Waals surface area contributed by atoms with Crippen molar-refractivity contribution in [3.63, 3.8) is 0 Å². The Morgan fingerprint density at radius 3 is 2.50 bits per heavy atom. The van der Waals surface area contributed by atoms with Crippen LogP contribution < -0.4 is 5.73 Å². The van der Waals surface area contributed by atoms with Gasteiger partial charge in [-0.05, 0) is 19.1 Å². The topological polar surface area (TPSA) is 78.1 Å². The minimum absolute atomic E-state index is 0.00692. The molecule has 5 nitrogen and oxygen atoms in total. The first-order valence-electron chi connectivity index (χ1n) is 5.77. The van der Waals surface area contributed by atoms with Crippen LogP contribution >= 0.6 is 0 Å². The van der Waals surface area contributed by atoms with Crippen LogP contribution in [-0.2, 0) is 4.74 Å². The van der Waals surface area contributed by atoms with E-state index in [0.29, 0.717) is 0 Å². The van der Waals surface area contributed by atoms with E-state index in [-0.39, 0.29) is 29.4 Å². The van der Waals surface area contributed by atoms with Crippen molar-refractivity contribution >= 4 is 11.8 Å². The lowest BCUT2D eigenvalue weighted by Gasteiger charge is -2.06. The van der Waals surface area contributed by atoms with E-state index in [0.717, 1.165) is 18.2 Å². The number of nitrogens with two attached hydrogens (primary N) is 1. The molecule has 2 rings (SSSR count). The van der Waals surface area contributed by atoms with Crippen LogP contribution in [0, 0.1) is 11.6 Å². The predicted octanol–water partition coefficient (Wildman–Crippen LogP) is 2.18. The number of hydrogen-bond donors (Lipinski definition) is 1. The zero-order valence-electron chi connectivity index (χ0n) is 10.6. The SMILES string of the molecule is CCOC(=O)c1cnc(-c2cc(F)cc(F)c2)nc1N. The second kappa shape index (κ2) is 5.60. The fourth-order valence-electron chi connectivity index (χ4n) is 1.58. The van der Waals surface area contributed by atoms with Gasteiger partial charge in [-0.2, -0.15) is 0 Å². The lowest BCUT2D eigenvalue weighted by Crippen LogP contribution is -2.10. The largest absolute Gasteiger partial charge is 0.462 e. The molecule has 0 aliphatic heterocycles. The van der Waals surface area contributed by atoms with Crippen molar-refractivity contribution in [1.29, 1.82) is 0 Å². The molecule has 0 bridgehead atoms. The lowest BCUT2D eigenvalue weighted by atomic mass is 10.2. The zero-order valence-corrected chi connectivity index (χ0v) is 10.6. The number of hydrogen-bond acceptors (Lipinski definition) is 5. The van der Waals surface area contributed by atoms with Crippen molar-refractivity contribution in [2.24, 2.45) is 0 Å². The Bertz CT molecular complexity index is 642. The number of nitrogens with zero attached hydrogens (tertiary/aromatic N) is 2. The van der Waals surface area contributed by atoms with Gasteiger partial charge >= 0.3 is 5.97 Å². The number of carbonyl (C=O) groups is 1. The molecule has 2 aromatic rings. The standard InChI is InChI=1S/C13H11F2N3O2/c1-2-20-13(19)10-6-17-12(18-11(10)16)7-3-8(14)5-9(15)4-7/h3-6H,2H2,1H3,(H2,16,17,18). The second-order valence-electron chi connectivity index (χ2n) is 3.87. The fourth-order valence-corrected chi connectivity index (χ4v) is 1.58. The van der Waals surface area contributed by atoms with Gasteiger partial charge in [-0.15, -0.1) is 0 Å². The third kappa shape index (κ3) is 2.87. The van der Waals surface area contributed by atoms with Crippen molar-refractivity contribution in [2.45, 2.75) is 6.92 Å². The van der Waals surface area contributed by atoms with Crippen LogP contribution in [0.15, 0.2) is 24.4 Å². The number of aromatic nitrogens is 2. The number of carbonyl (C=O) groups excluding carboxylic acids is 1. The first-order valence-corrected chi connectivity index (χ1v) is 5.77. The third-order valence-corrected chi connectivity index (χ3v) is 2.43. The van der Waals surface area contributed by atoms with E-state index in [1.165, 1.54) is 6.20 Å². The molecule has 0 amide bonds. The molecule has 0 radical (unpaired) electrons. The quantitative estimate of drug-likeness (QED) is 0.871. The summed E-state index contributed by atoms with van der Waals surface area (Å²) in [7, 11) is 0. The molecule has 0 atom stereocenters. The second-order valence-corrected chi connectivity index (χ2v) is 3.87. The molecule has 0 aliphatic carbocycles. The summed E-state index contributed by atoms with van der Waals surface area (Å²) in [6.07, 6.45) is 1.17. The number of nitrogen functional groups attached to an aromatic ring is 1. The number of rotatable bonds is 3. The van der Waals surface area contributed by atoms with Crippen LogP contribution in [0.1, 0.15) is 17.3 Å². The number of halogens is 2. The van der Waals surface area contributed by atoms with E-state index in [1.54, 1.807) is 6.92 Å². The molecule has 0 unspecified atom stereocenters. The Kier molecular flexibility index (Phi) is 3.88. The van der Waals surface area contributed by atoms with Gasteiger partial charge in [-0.1, -0.05) is 0 Å². The monoisotopic (exact) mass is 279 g/mol. The first kappa shape index (κ1) is 13.9. The summed E-state index contributed by atoms with van der Waals surface area (Å²) >= 11 is 0. The molecule has 0 saturated carbocycles. The maximum Gasteiger partial charge on any atom is 0.343 e. The molecule has 1 aromatic heterocycles. The number of anilines is 1. The van der Waals surface area contributed by atoms with Crippen LogP contribution in [0.2, 0.25) is 0 Å². The molecule has 20 heavy (non-hydrogen) atoms. The summed E-state index contributed by atoms with van der Waals surface area (Å²) in [5.74, 6) is -2.25. The Morgan fingerprint density at radius 1 is 1.30 bits per heavy atom. The van der Waals surface area contributed by atoms with Crippen LogP contribution in [0.25, 0.3) is 11.4 Å². The summed E-state index contributed by atoms with van der Waals surface area (Å²) in [4.78, 5) is 19.3. The highest BCUT2D eigenvalue weighted by molar-refractivity contribution is 5.94. The molecule has 0 aliphatic rings. The molecule has 2 N–H and O–H groups in total. The Labute approximate surface area is 113 Å². The molecule has 104 valence electrons. The molecule has 0 spiro atoms. The van der Waals surface area contributed by atoms with Gasteiger partial charge < -0.3 is 10.5 Å². The summed E-state index contributed by atoms with van der Waals surface area (Å²) < 4.78 is 31.0. The third-order valence-electron chi connectivity index (χ3n) is 2.43. The Balaban J connectivity index is 2.40. The van der Waals surface area contributed by atoms with Crippen LogP contribution in [-0.4, -0.2) is 22.5 Å². The van der Waals surface area contributed by atoms with Gasteiger partial charge in [0.2, 0.25) is 0 Å². The van der Waals surface area contributed by atoms with E-state index < -0.39 is 17.6 Å². The van der Waals surface area contributed by atoms with E-state index in [1.807, 2.05) is 0 Å². The minimum atomic E-state index is -0.753. The van der Waals surface area contributed by atoms with Crippen molar-refractivity contribution in [1.82, 2.24) is 9.97 Å². The average Bonchev–Trinajstić information content (AvgIpc) is 2.37. The Morgan fingerprint density at radius 2 is 1.95 bits per heavy atom. The smallest absolute Gasteiger partial charge is 0.343 e. The summed E-state index contributed by atoms with van der Waals surface area (Å²) in [6.45, 7) is 1.84. The predicted molar refractivity (Wildman–Crippen MR) is 67.8 cm³/mol. The van der Waals surface area contributed by atoms with Gasteiger partial charge in [0.25, 0.3) is 0 Å². The molecule has 7 heteroatoms. The molecule has 0 fully saturated rings. The number of ether oxygens (including phenoxy) is 1. The maximum atomic E-state index is 13.1. The molecule has 1 aromatic carbocycles. The first-order chi connectivity index (χ1) is 9.51. The van der Waals surface area contributed by atoms with Gasteiger partial charge in [-0.3, -0.25) is 0 Å². The average molecular weight is 279 g/mol. The van der Waals surface area contributed by atoms with Crippen LogP contribution in [0.5, 0.6) is 0 Å². The maximum absolute atomic E-state index is 13.1. The van der Waals surface area contributed by atoms with Gasteiger partial charge in [0.05, 0.1) is 6.61 Å². The molecule has 0 saturated heterocycles. The van der Waals surface area contributed by atoms with Crippen LogP contribution in [0.4, 0.5) is 14.6 Å². The normalized spacial score (nSPS) is 10.3. The molecular weight excluding hydrogens is 268 g/mol. The molecular formula is C13H11F2N3O2. The minimum Gasteiger partial charge on any atom is -0.462 e. The highest BCUT2D eigenvalue weighted by Crippen LogP contribution is 2.20. The van der Waals surface area contributed by atoms with Gasteiger partial charge in [0.15, 0.2) is 5.82 Å². The van der Waals surface area contributed by atoms with Gasteiger partial charge in [-0.25, -0.2) is 23.5 Å². The summed E-state index contributed by atoms with van der Waals surface area (Å²) in [5, 5.41) is 0. The Hall–Kier alpha value is -2.57. The van der Waals surface area contributed by atoms with Crippen LogP contribution in [0.3, 0.4) is 0 Å². The van der Waals surface area contributed by atoms with E-state index >= 15 is 0 Å². The highest BCUT2D eigenvalue weighted by atomic mass is 19.1. The number of benzene rings is 1. The van der Waals surface area contributed by atoms with Gasteiger partial charge in [0, 0.05) is 17.8 Å². The van der Waals surface area contributed by atoms with Crippen molar-refractivity contribution < 1.29 is 18.3 Å². The zero-order chi connectivity index (χ0) is 14.7. The summed E-state index contributed by atoms with van der Waals surface area (Å²) in [5.41, 5.74) is 5.76.